The fourth-order valence-electron chi connectivity index (χ4n) is 3.29. The quantitative estimate of drug-likeness (QED) is 0.574. The van der Waals surface area contributed by atoms with Crippen LogP contribution in [0.3, 0.4) is 0 Å². The first kappa shape index (κ1) is 17.2. The van der Waals surface area contributed by atoms with Crippen molar-refractivity contribution in [1.29, 1.82) is 0 Å². The summed E-state index contributed by atoms with van der Waals surface area (Å²) in [4.78, 5) is 0. The van der Waals surface area contributed by atoms with Crippen molar-refractivity contribution in [2.75, 3.05) is 7.11 Å². The topological polar surface area (TPSA) is 69.9 Å². The second-order valence-corrected chi connectivity index (χ2v) is 6.44. The van der Waals surface area contributed by atoms with Crippen molar-refractivity contribution in [3.63, 3.8) is 0 Å². The van der Waals surface area contributed by atoms with E-state index in [4.69, 9.17) is 4.74 Å². The van der Waals surface area contributed by atoms with Gasteiger partial charge in [0.15, 0.2) is 17.2 Å². The lowest BCUT2D eigenvalue weighted by atomic mass is 9.82. The number of phenolic OH excluding ortho intramolecular Hbond substituents is 3. The average Bonchev–Trinajstić information content (AvgIpc) is 2.65. The Labute approximate surface area is 147 Å². The second kappa shape index (κ2) is 7.50. The highest BCUT2D eigenvalue weighted by Crippen LogP contribution is 2.35. The molecular weight excluding hydrogens is 316 g/mol. The van der Waals surface area contributed by atoms with Crippen LogP contribution in [0.15, 0.2) is 36.4 Å². The fraction of sp³-hybridized carbons (Fsp3) is 0.333. The molecule has 0 aliphatic heterocycles. The predicted octanol–water partition coefficient (Wildman–Crippen LogP) is 3.88. The molecule has 3 N–H and O–H groups in total. The van der Waals surface area contributed by atoms with Crippen LogP contribution in [0, 0.1) is 11.8 Å². The SMILES string of the molecule is COC1CCC(c2ccc(C#Cc3cc(O)c(O)c(O)c3)cc2)CC1. The standard InChI is InChI=1S/C21H22O4/c1-25-18-10-8-17(9-11-18)16-6-4-14(5-7-16)2-3-15-12-19(22)21(24)20(23)13-15/h4-7,12-13,17-18,22-24H,8-11H2,1H3. The van der Waals surface area contributed by atoms with Gasteiger partial charge in [0.25, 0.3) is 0 Å². The Morgan fingerprint density at radius 2 is 1.40 bits per heavy atom. The van der Waals surface area contributed by atoms with Crippen LogP contribution in [0.2, 0.25) is 0 Å². The smallest absolute Gasteiger partial charge is 0.200 e. The van der Waals surface area contributed by atoms with Crippen LogP contribution in [0.4, 0.5) is 0 Å². The van der Waals surface area contributed by atoms with Crippen LogP contribution in [0.25, 0.3) is 0 Å². The summed E-state index contributed by atoms with van der Waals surface area (Å²) in [5, 5.41) is 28.4. The predicted molar refractivity (Wildman–Crippen MR) is 95.9 cm³/mol. The van der Waals surface area contributed by atoms with E-state index >= 15 is 0 Å². The number of benzene rings is 2. The Hall–Kier alpha value is -2.64. The first-order valence-electron chi connectivity index (χ1n) is 8.46. The Bertz CT molecular complexity index is 768. The van der Waals surface area contributed by atoms with E-state index in [0.29, 0.717) is 17.6 Å². The van der Waals surface area contributed by atoms with Gasteiger partial charge in [-0.25, -0.2) is 0 Å². The molecule has 0 radical (unpaired) electrons. The third kappa shape index (κ3) is 4.07. The maximum absolute atomic E-state index is 9.51. The summed E-state index contributed by atoms with van der Waals surface area (Å²) in [6.45, 7) is 0. The highest BCUT2D eigenvalue weighted by Gasteiger charge is 2.21. The number of phenols is 3. The molecule has 0 amide bonds. The summed E-state index contributed by atoms with van der Waals surface area (Å²) < 4.78 is 5.42. The largest absolute Gasteiger partial charge is 0.504 e. The van der Waals surface area contributed by atoms with E-state index < -0.39 is 5.75 Å². The van der Waals surface area contributed by atoms with Crippen molar-refractivity contribution in [3.05, 3.63) is 53.1 Å². The van der Waals surface area contributed by atoms with Gasteiger partial charge in [-0.1, -0.05) is 24.0 Å². The lowest BCUT2D eigenvalue weighted by molar-refractivity contribution is 0.0659. The maximum Gasteiger partial charge on any atom is 0.200 e. The molecule has 1 fully saturated rings. The monoisotopic (exact) mass is 338 g/mol. The number of hydrogen-bond acceptors (Lipinski definition) is 4. The van der Waals surface area contributed by atoms with Crippen LogP contribution in [0.1, 0.15) is 48.3 Å². The molecule has 0 unspecified atom stereocenters. The first-order valence-corrected chi connectivity index (χ1v) is 8.46. The van der Waals surface area contributed by atoms with Gasteiger partial charge < -0.3 is 20.1 Å². The summed E-state index contributed by atoms with van der Waals surface area (Å²) in [6, 6.07) is 10.9. The Morgan fingerprint density at radius 1 is 0.840 bits per heavy atom. The lowest BCUT2D eigenvalue weighted by Crippen LogP contribution is -2.19. The molecule has 0 atom stereocenters. The molecule has 1 aliphatic rings. The van der Waals surface area contributed by atoms with Gasteiger partial charge in [-0.05, 0) is 61.4 Å². The minimum atomic E-state index is -0.530. The molecule has 0 saturated heterocycles. The average molecular weight is 338 g/mol. The summed E-state index contributed by atoms with van der Waals surface area (Å²) in [5.41, 5.74) is 2.64. The number of methoxy groups -OCH3 is 1. The molecule has 130 valence electrons. The van der Waals surface area contributed by atoms with Crippen LogP contribution < -0.4 is 0 Å². The van der Waals surface area contributed by atoms with Crippen molar-refractivity contribution in [3.8, 4) is 29.1 Å². The van der Waals surface area contributed by atoms with Gasteiger partial charge in [0.1, 0.15) is 0 Å². The fourth-order valence-corrected chi connectivity index (χ4v) is 3.29. The number of rotatable bonds is 2. The van der Waals surface area contributed by atoms with Crippen molar-refractivity contribution >= 4 is 0 Å². The Kier molecular flexibility index (Phi) is 5.16. The second-order valence-electron chi connectivity index (χ2n) is 6.44. The molecule has 3 rings (SSSR count). The normalized spacial score (nSPS) is 19.9. The molecule has 4 heteroatoms. The maximum atomic E-state index is 9.51. The number of aromatic hydroxyl groups is 3. The van der Waals surface area contributed by atoms with Gasteiger partial charge in [-0.2, -0.15) is 0 Å². The van der Waals surface area contributed by atoms with Gasteiger partial charge >= 0.3 is 0 Å². The van der Waals surface area contributed by atoms with Crippen molar-refractivity contribution in [2.24, 2.45) is 0 Å². The zero-order valence-corrected chi connectivity index (χ0v) is 14.2. The van der Waals surface area contributed by atoms with Gasteiger partial charge in [-0.3, -0.25) is 0 Å². The molecular formula is C21H22O4. The summed E-state index contributed by atoms with van der Waals surface area (Å²) in [6.07, 6.45) is 4.91. The summed E-state index contributed by atoms with van der Waals surface area (Å²) in [7, 11) is 1.78. The molecule has 25 heavy (non-hydrogen) atoms. The van der Waals surface area contributed by atoms with E-state index in [1.807, 2.05) is 12.1 Å². The van der Waals surface area contributed by atoms with Crippen LogP contribution in [-0.4, -0.2) is 28.5 Å². The number of ether oxygens (including phenoxy) is 1. The van der Waals surface area contributed by atoms with Crippen LogP contribution in [0.5, 0.6) is 17.2 Å². The zero-order valence-electron chi connectivity index (χ0n) is 14.2. The van der Waals surface area contributed by atoms with Crippen molar-refractivity contribution < 1.29 is 20.1 Å². The van der Waals surface area contributed by atoms with Crippen molar-refractivity contribution in [1.82, 2.24) is 0 Å². The molecule has 2 aromatic carbocycles. The van der Waals surface area contributed by atoms with Gasteiger partial charge in [-0.15, -0.1) is 0 Å². The minimum Gasteiger partial charge on any atom is -0.504 e. The molecule has 1 aliphatic carbocycles. The minimum absolute atomic E-state index is 0.383. The highest BCUT2D eigenvalue weighted by molar-refractivity contribution is 5.56. The molecule has 4 nitrogen and oxygen atoms in total. The summed E-state index contributed by atoms with van der Waals surface area (Å²) >= 11 is 0. The Morgan fingerprint density at radius 3 is 1.96 bits per heavy atom. The number of hydrogen-bond donors (Lipinski definition) is 3. The molecule has 1 saturated carbocycles. The van der Waals surface area contributed by atoms with Crippen LogP contribution >= 0.6 is 0 Å². The third-order valence-electron chi connectivity index (χ3n) is 4.81. The van der Waals surface area contributed by atoms with E-state index in [9.17, 15) is 15.3 Å². The van der Waals surface area contributed by atoms with E-state index in [-0.39, 0.29) is 11.5 Å². The molecule has 0 bridgehead atoms. The molecule has 0 spiro atoms. The molecule has 2 aromatic rings. The first-order chi connectivity index (χ1) is 12.1. The third-order valence-corrected chi connectivity index (χ3v) is 4.81. The van der Waals surface area contributed by atoms with E-state index in [1.165, 1.54) is 17.7 Å². The molecule has 0 heterocycles. The van der Waals surface area contributed by atoms with Crippen LogP contribution in [-0.2, 0) is 4.74 Å². The lowest BCUT2D eigenvalue weighted by Gasteiger charge is -2.27. The van der Waals surface area contributed by atoms with Gasteiger partial charge in [0, 0.05) is 18.2 Å². The van der Waals surface area contributed by atoms with E-state index in [1.54, 1.807) is 7.11 Å². The highest BCUT2D eigenvalue weighted by atomic mass is 16.5. The van der Waals surface area contributed by atoms with Gasteiger partial charge in [0.2, 0.25) is 0 Å². The van der Waals surface area contributed by atoms with E-state index in [2.05, 4.69) is 24.0 Å². The molecule has 0 aromatic heterocycles. The zero-order chi connectivity index (χ0) is 17.8. The van der Waals surface area contributed by atoms with Gasteiger partial charge in [0.05, 0.1) is 6.10 Å². The van der Waals surface area contributed by atoms with E-state index in [0.717, 1.165) is 31.2 Å². The summed E-state index contributed by atoms with van der Waals surface area (Å²) in [5.74, 6) is 5.18. The Balaban J connectivity index is 1.70. The van der Waals surface area contributed by atoms with Crippen molar-refractivity contribution in [2.45, 2.75) is 37.7 Å².